The molecule has 0 aromatic heterocycles. The Morgan fingerprint density at radius 1 is 0.933 bits per heavy atom. The maximum atomic E-state index is 12.6. The Kier molecular flexibility index (Phi) is 7.41. The number of amides is 1. The predicted molar refractivity (Wildman–Crippen MR) is 118 cm³/mol. The van der Waals surface area contributed by atoms with Crippen LogP contribution >= 0.6 is 0 Å². The second kappa shape index (κ2) is 10.2. The quantitative estimate of drug-likeness (QED) is 0.718. The minimum Gasteiger partial charge on any atom is -0.497 e. The fourth-order valence-corrected chi connectivity index (χ4v) is 3.70. The number of nitrogens with zero attached hydrogens (tertiary/aromatic N) is 2. The van der Waals surface area contributed by atoms with E-state index >= 15 is 0 Å². The van der Waals surface area contributed by atoms with Crippen molar-refractivity contribution in [3.8, 4) is 17.2 Å². The van der Waals surface area contributed by atoms with Crippen LogP contribution in [0.4, 0.5) is 5.69 Å². The molecule has 1 saturated heterocycles. The molecule has 1 N–H and O–H groups in total. The monoisotopic (exact) mass is 413 g/mol. The molecular weight excluding hydrogens is 382 g/mol. The average molecular weight is 414 g/mol. The number of nitrogens with one attached hydrogen (secondary N) is 1. The summed E-state index contributed by atoms with van der Waals surface area (Å²) in [6.45, 7) is 5.80. The van der Waals surface area contributed by atoms with E-state index in [0.717, 1.165) is 49.0 Å². The van der Waals surface area contributed by atoms with Gasteiger partial charge in [-0.2, -0.15) is 0 Å². The van der Waals surface area contributed by atoms with Gasteiger partial charge >= 0.3 is 0 Å². The number of hydrogen-bond donors (Lipinski definition) is 1. The molecule has 30 heavy (non-hydrogen) atoms. The van der Waals surface area contributed by atoms with Crippen molar-refractivity contribution in [2.24, 2.45) is 0 Å². The van der Waals surface area contributed by atoms with Crippen molar-refractivity contribution in [1.29, 1.82) is 0 Å². The molecule has 3 rings (SSSR count). The Labute approximate surface area is 178 Å². The fourth-order valence-electron chi connectivity index (χ4n) is 3.70. The van der Waals surface area contributed by atoms with E-state index in [1.54, 1.807) is 21.3 Å². The molecule has 1 aliphatic heterocycles. The standard InChI is InChI=1S/C23H31N3O4/c1-17(21-15-20(29-3)9-10-22(21)30-4)24-23(27)16-25-11-13-26(14-12-25)18-5-7-19(28-2)8-6-18/h5-10,15,17H,11-14,16H2,1-4H3,(H,24,27). The minimum atomic E-state index is -0.178. The molecule has 0 aliphatic carbocycles. The van der Waals surface area contributed by atoms with Gasteiger partial charge in [0, 0.05) is 37.4 Å². The molecule has 1 amide bonds. The van der Waals surface area contributed by atoms with Crippen LogP contribution in [0.5, 0.6) is 17.2 Å². The molecule has 0 radical (unpaired) electrons. The van der Waals surface area contributed by atoms with Crippen LogP contribution in [-0.2, 0) is 4.79 Å². The van der Waals surface area contributed by atoms with Gasteiger partial charge in [0.05, 0.1) is 33.9 Å². The number of benzene rings is 2. The second-order valence-electron chi connectivity index (χ2n) is 7.36. The van der Waals surface area contributed by atoms with Crippen LogP contribution in [0.15, 0.2) is 42.5 Å². The van der Waals surface area contributed by atoms with E-state index in [1.165, 1.54) is 5.69 Å². The highest BCUT2D eigenvalue weighted by Crippen LogP contribution is 2.29. The third-order valence-electron chi connectivity index (χ3n) is 5.46. The number of hydrogen-bond acceptors (Lipinski definition) is 6. The lowest BCUT2D eigenvalue weighted by Crippen LogP contribution is -2.49. The largest absolute Gasteiger partial charge is 0.497 e. The van der Waals surface area contributed by atoms with Gasteiger partial charge < -0.3 is 24.4 Å². The van der Waals surface area contributed by atoms with E-state index in [9.17, 15) is 4.79 Å². The third kappa shape index (κ3) is 5.36. The van der Waals surface area contributed by atoms with E-state index in [4.69, 9.17) is 14.2 Å². The zero-order valence-corrected chi connectivity index (χ0v) is 18.2. The Balaban J connectivity index is 1.51. The Hall–Kier alpha value is -2.93. The van der Waals surface area contributed by atoms with Crippen LogP contribution in [0.1, 0.15) is 18.5 Å². The molecular formula is C23H31N3O4. The first-order chi connectivity index (χ1) is 14.5. The lowest BCUT2D eigenvalue weighted by molar-refractivity contribution is -0.123. The molecule has 2 aromatic carbocycles. The van der Waals surface area contributed by atoms with Crippen LogP contribution in [0, 0.1) is 0 Å². The summed E-state index contributed by atoms with van der Waals surface area (Å²) < 4.78 is 16.0. The highest BCUT2D eigenvalue weighted by Gasteiger charge is 2.21. The molecule has 0 saturated carbocycles. The van der Waals surface area contributed by atoms with Gasteiger partial charge in [-0.25, -0.2) is 0 Å². The van der Waals surface area contributed by atoms with Gasteiger partial charge in [-0.05, 0) is 49.4 Å². The molecule has 7 heteroatoms. The molecule has 7 nitrogen and oxygen atoms in total. The average Bonchev–Trinajstić information content (AvgIpc) is 2.79. The number of rotatable bonds is 8. The molecule has 0 bridgehead atoms. The lowest BCUT2D eigenvalue weighted by atomic mass is 10.1. The topological polar surface area (TPSA) is 63.3 Å². The van der Waals surface area contributed by atoms with Gasteiger partial charge in [-0.15, -0.1) is 0 Å². The molecule has 1 unspecified atom stereocenters. The second-order valence-corrected chi connectivity index (χ2v) is 7.36. The van der Waals surface area contributed by atoms with Gasteiger partial charge in [-0.1, -0.05) is 0 Å². The molecule has 1 aliphatic rings. The molecule has 162 valence electrons. The summed E-state index contributed by atoms with van der Waals surface area (Å²) in [5, 5.41) is 3.08. The zero-order valence-electron chi connectivity index (χ0n) is 18.2. The number of methoxy groups -OCH3 is 3. The highest BCUT2D eigenvalue weighted by atomic mass is 16.5. The van der Waals surface area contributed by atoms with E-state index in [1.807, 2.05) is 37.3 Å². The molecule has 1 fully saturated rings. The number of anilines is 1. The summed E-state index contributed by atoms with van der Waals surface area (Å²) in [6, 6.07) is 13.5. The fraction of sp³-hybridized carbons (Fsp3) is 0.435. The summed E-state index contributed by atoms with van der Waals surface area (Å²) in [7, 11) is 4.92. The molecule has 1 atom stereocenters. The number of ether oxygens (including phenoxy) is 3. The Morgan fingerprint density at radius 3 is 2.17 bits per heavy atom. The van der Waals surface area contributed by atoms with Crippen molar-refractivity contribution in [3.05, 3.63) is 48.0 Å². The van der Waals surface area contributed by atoms with E-state index in [2.05, 4.69) is 27.2 Å². The van der Waals surface area contributed by atoms with Crippen LogP contribution < -0.4 is 24.4 Å². The molecule has 2 aromatic rings. The smallest absolute Gasteiger partial charge is 0.234 e. The zero-order chi connectivity index (χ0) is 21.5. The van der Waals surface area contributed by atoms with E-state index in [0.29, 0.717) is 6.54 Å². The van der Waals surface area contributed by atoms with Gasteiger partial charge in [0.25, 0.3) is 0 Å². The van der Waals surface area contributed by atoms with Gasteiger partial charge in [0.1, 0.15) is 17.2 Å². The normalized spacial score (nSPS) is 15.4. The van der Waals surface area contributed by atoms with Crippen molar-refractivity contribution < 1.29 is 19.0 Å². The first-order valence-electron chi connectivity index (χ1n) is 10.2. The van der Waals surface area contributed by atoms with Crippen LogP contribution in [0.2, 0.25) is 0 Å². The summed E-state index contributed by atoms with van der Waals surface area (Å²) in [6.07, 6.45) is 0. The van der Waals surface area contributed by atoms with Crippen molar-refractivity contribution >= 4 is 11.6 Å². The van der Waals surface area contributed by atoms with E-state index in [-0.39, 0.29) is 11.9 Å². The number of piperazine rings is 1. The summed E-state index contributed by atoms with van der Waals surface area (Å²) in [5.74, 6) is 2.33. The van der Waals surface area contributed by atoms with Crippen molar-refractivity contribution in [3.63, 3.8) is 0 Å². The minimum absolute atomic E-state index is 0.00488. The van der Waals surface area contributed by atoms with Crippen LogP contribution in [0.25, 0.3) is 0 Å². The first-order valence-corrected chi connectivity index (χ1v) is 10.2. The molecule has 0 spiro atoms. The highest BCUT2D eigenvalue weighted by molar-refractivity contribution is 5.78. The Bertz CT molecular complexity index is 833. The number of carbonyl (C=O) groups excluding carboxylic acids is 1. The van der Waals surface area contributed by atoms with Crippen molar-refractivity contribution in [2.75, 3.05) is 59.0 Å². The SMILES string of the molecule is COc1ccc(N2CCN(CC(=O)NC(C)c3cc(OC)ccc3OC)CC2)cc1. The van der Waals surface area contributed by atoms with Crippen LogP contribution in [-0.4, -0.2) is 64.9 Å². The van der Waals surface area contributed by atoms with Crippen LogP contribution in [0.3, 0.4) is 0 Å². The van der Waals surface area contributed by atoms with Gasteiger partial charge in [0.2, 0.25) is 5.91 Å². The maximum absolute atomic E-state index is 12.6. The van der Waals surface area contributed by atoms with Crippen molar-refractivity contribution in [2.45, 2.75) is 13.0 Å². The van der Waals surface area contributed by atoms with Gasteiger partial charge in [0.15, 0.2) is 0 Å². The summed E-state index contributed by atoms with van der Waals surface area (Å²) >= 11 is 0. The van der Waals surface area contributed by atoms with Gasteiger partial charge in [-0.3, -0.25) is 9.69 Å². The lowest BCUT2D eigenvalue weighted by Gasteiger charge is -2.36. The van der Waals surface area contributed by atoms with Crippen molar-refractivity contribution in [1.82, 2.24) is 10.2 Å². The van der Waals surface area contributed by atoms with E-state index < -0.39 is 0 Å². The first kappa shape index (κ1) is 21.8. The summed E-state index contributed by atoms with van der Waals surface area (Å²) in [5.41, 5.74) is 2.08. The maximum Gasteiger partial charge on any atom is 0.234 e. The number of carbonyl (C=O) groups is 1. The summed E-state index contributed by atoms with van der Waals surface area (Å²) in [4.78, 5) is 17.1. The predicted octanol–water partition coefficient (Wildman–Crippen LogP) is 2.71. The third-order valence-corrected chi connectivity index (χ3v) is 5.46. The Morgan fingerprint density at radius 2 is 1.57 bits per heavy atom. The molecule has 1 heterocycles.